The van der Waals surface area contributed by atoms with Crippen LogP contribution in [0.4, 0.5) is 0 Å². The molecule has 0 fully saturated rings. The van der Waals surface area contributed by atoms with Gasteiger partial charge < -0.3 is 0 Å². The van der Waals surface area contributed by atoms with Crippen LogP contribution in [0.25, 0.3) is 0 Å². The number of hydrogen-bond acceptors (Lipinski definition) is 7. The molecule has 0 radical (unpaired) electrons. The minimum absolute atomic E-state index is 0.0888. The molecule has 0 heterocycles. The van der Waals surface area contributed by atoms with Crippen LogP contribution in [0.5, 0.6) is 0 Å². The number of hydrogen-bond donors (Lipinski definition) is 0. The van der Waals surface area contributed by atoms with Gasteiger partial charge in [-0.3, -0.25) is 0 Å². The summed E-state index contributed by atoms with van der Waals surface area (Å²) in [5, 5.41) is 0. The van der Waals surface area contributed by atoms with Crippen LogP contribution in [0.15, 0.2) is 0 Å². The summed E-state index contributed by atoms with van der Waals surface area (Å²) in [4.78, 5) is 0. The summed E-state index contributed by atoms with van der Waals surface area (Å²) in [6.07, 6.45) is 30.6. The maximum atomic E-state index is 11.8. The molecule has 0 aliphatic heterocycles. The lowest BCUT2D eigenvalue weighted by molar-refractivity contribution is 0.232. The molecule has 236 valence electrons. The van der Waals surface area contributed by atoms with Gasteiger partial charge in [0.25, 0.3) is 0 Å². The van der Waals surface area contributed by atoms with Gasteiger partial charge in [0.1, 0.15) is 0 Å². The predicted molar refractivity (Wildman–Crippen MR) is 162 cm³/mol. The Bertz CT molecular complexity index is 649. The Morgan fingerprint density at radius 2 is 0.538 bits per heavy atom. The first-order valence-electron chi connectivity index (χ1n) is 16.3. The van der Waals surface area contributed by atoms with Crippen LogP contribution < -0.4 is 0 Å². The molecule has 0 unspecified atom stereocenters. The van der Waals surface area contributed by atoms with E-state index in [1.54, 1.807) is 0 Å². The van der Waals surface area contributed by atoms with Crippen molar-refractivity contribution >= 4 is 20.8 Å². The minimum Gasteiger partial charge on any atom is -0.247 e. The molecule has 0 N–H and O–H groups in total. The Labute approximate surface area is 243 Å². The summed E-state index contributed by atoms with van der Waals surface area (Å²) >= 11 is 0. The van der Waals surface area contributed by atoms with Gasteiger partial charge in [-0.05, 0) is 12.8 Å². The third kappa shape index (κ3) is 30.6. The molecule has 39 heavy (non-hydrogen) atoms. The van der Waals surface area contributed by atoms with Gasteiger partial charge in [-0.25, -0.2) is 8.37 Å². The largest absolute Gasteiger partial charge is 0.416 e. The fraction of sp³-hybridized carbons (Fsp3) is 1.00. The van der Waals surface area contributed by atoms with E-state index in [0.717, 1.165) is 38.5 Å². The topological polar surface area (TPSA) is 96.0 Å². The van der Waals surface area contributed by atoms with Crippen LogP contribution in [0, 0.1) is 0 Å². The van der Waals surface area contributed by atoms with Gasteiger partial charge in [0.2, 0.25) is 0 Å². The maximum absolute atomic E-state index is 11.8. The monoisotopic (exact) mass is 598 g/mol. The average Bonchev–Trinajstić information content (AvgIpc) is 2.88. The molecule has 0 atom stereocenters. The first-order valence-corrected chi connectivity index (χ1v) is 19.0. The molecule has 7 nitrogen and oxygen atoms in total. The molecule has 0 spiro atoms. The average molecular weight is 599 g/mol. The van der Waals surface area contributed by atoms with E-state index < -0.39 is 20.8 Å². The van der Waals surface area contributed by atoms with Gasteiger partial charge in [-0.2, -0.15) is 16.8 Å². The van der Waals surface area contributed by atoms with Crippen molar-refractivity contribution in [2.45, 2.75) is 181 Å². The zero-order chi connectivity index (χ0) is 28.9. The van der Waals surface area contributed by atoms with Crippen LogP contribution >= 0.6 is 0 Å². The number of rotatable bonds is 32. The molecular formula is C30H62O7S2. The predicted octanol–water partition coefficient (Wildman–Crippen LogP) is 9.71. The molecule has 0 rings (SSSR count). The van der Waals surface area contributed by atoms with E-state index in [9.17, 15) is 16.8 Å². The van der Waals surface area contributed by atoms with E-state index in [2.05, 4.69) is 25.8 Å². The van der Waals surface area contributed by atoms with Crippen LogP contribution in [0.1, 0.15) is 181 Å². The van der Waals surface area contributed by atoms with Crippen molar-refractivity contribution in [2.75, 3.05) is 13.2 Å². The summed E-state index contributed by atoms with van der Waals surface area (Å²) in [6.45, 7) is 4.30. The van der Waals surface area contributed by atoms with E-state index in [1.165, 1.54) is 116 Å². The Kier molecular flexibility index (Phi) is 27.8. The first kappa shape index (κ1) is 38.8. The van der Waals surface area contributed by atoms with Crippen LogP contribution in [-0.4, -0.2) is 30.0 Å². The van der Waals surface area contributed by atoms with Crippen molar-refractivity contribution in [3.63, 3.8) is 0 Å². The van der Waals surface area contributed by atoms with Crippen LogP contribution in [-0.2, 0) is 32.8 Å². The summed E-state index contributed by atoms with van der Waals surface area (Å²) in [5.74, 6) is 0. The molecule has 0 aliphatic rings. The summed E-state index contributed by atoms with van der Waals surface area (Å²) in [5.41, 5.74) is 0. The fourth-order valence-corrected chi connectivity index (χ4v) is 6.48. The smallest absolute Gasteiger partial charge is 0.247 e. The van der Waals surface area contributed by atoms with E-state index in [0.29, 0.717) is 12.8 Å². The number of unbranched alkanes of at least 4 members (excludes halogenated alkanes) is 24. The van der Waals surface area contributed by atoms with E-state index in [-0.39, 0.29) is 13.2 Å². The molecular weight excluding hydrogens is 536 g/mol. The van der Waals surface area contributed by atoms with Gasteiger partial charge in [0.05, 0.1) is 13.2 Å². The van der Waals surface area contributed by atoms with Crippen molar-refractivity contribution in [3.05, 3.63) is 0 Å². The summed E-state index contributed by atoms with van der Waals surface area (Å²) in [7, 11) is -9.28. The van der Waals surface area contributed by atoms with Gasteiger partial charge in [-0.1, -0.05) is 168 Å². The van der Waals surface area contributed by atoms with Crippen molar-refractivity contribution in [1.82, 2.24) is 0 Å². The van der Waals surface area contributed by atoms with E-state index in [4.69, 9.17) is 0 Å². The molecule has 0 bridgehead atoms. The third-order valence-corrected chi connectivity index (χ3v) is 9.36. The lowest BCUT2D eigenvalue weighted by Gasteiger charge is -2.07. The zero-order valence-corrected chi connectivity index (χ0v) is 27.1. The van der Waals surface area contributed by atoms with Crippen LogP contribution in [0.3, 0.4) is 0 Å². The highest BCUT2D eigenvalue weighted by Crippen LogP contribution is 2.15. The van der Waals surface area contributed by atoms with Crippen molar-refractivity contribution < 1.29 is 28.8 Å². The Balaban J connectivity index is 3.58. The molecule has 0 saturated carbocycles. The summed E-state index contributed by atoms with van der Waals surface area (Å²) in [6, 6.07) is 0. The molecule has 0 aromatic carbocycles. The standard InChI is InChI=1S/C30H62O7S2/c1-3-5-7-9-11-13-15-17-19-21-23-25-27-29-35-38(31,32)37-39(33,34)36-30-28-26-24-22-20-18-16-14-12-10-8-6-4-2/h3-30H2,1-2H3. The van der Waals surface area contributed by atoms with Crippen molar-refractivity contribution in [2.24, 2.45) is 0 Å². The van der Waals surface area contributed by atoms with Crippen molar-refractivity contribution in [3.8, 4) is 0 Å². The highest BCUT2D eigenvalue weighted by Gasteiger charge is 2.24. The maximum Gasteiger partial charge on any atom is 0.416 e. The highest BCUT2D eigenvalue weighted by molar-refractivity contribution is 7.95. The molecule has 0 saturated heterocycles. The normalized spacial score (nSPS) is 12.4. The van der Waals surface area contributed by atoms with Gasteiger partial charge >= 0.3 is 20.8 Å². The second-order valence-corrected chi connectivity index (χ2v) is 13.7. The van der Waals surface area contributed by atoms with E-state index >= 15 is 0 Å². The van der Waals surface area contributed by atoms with Gasteiger partial charge in [-0.15, -0.1) is 3.63 Å². The quantitative estimate of drug-likeness (QED) is 0.0711. The Morgan fingerprint density at radius 3 is 0.769 bits per heavy atom. The lowest BCUT2D eigenvalue weighted by atomic mass is 10.0. The lowest BCUT2D eigenvalue weighted by Crippen LogP contribution is -2.19. The zero-order valence-electron chi connectivity index (χ0n) is 25.5. The van der Waals surface area contributed by atoms with Crippen LogP contribution in [0.2, 0.25) is 0 Å². The second-order valence-electron chi connectivity index (χ2n) is 11.0. The molecule has 0 aromatic heterocycles. The van der Waals surface area contributed by atoms with E-state index in [1.807, 2.05) is 0 Å². The third-order valence-electron chi connectivity index (χ3n) is 7.12. The molecule has 0 aromatic rings. The van der Waals surface area contributed by atoms with Gasteiger partial charge in [0.15, 0.2) is 0 Å². The molecule has 9 heteroatoms. The Hall–Kier alpha value is -0.220. The molecule has 0 amide bonds. The second kappa shape index (κ2) is 27.9. The fourth-order valence-electron chi connectivity index (χ4n) is 4.70. The SMILES string of the molecule is CCCCCCCCCCCCCCCOS(=O)(=O)OS(=O)(=O)OCCCCCCCCCCCCCCC. The highest BCUT2D eigenvalue weighted by atomic mass is 32.3. The first-order chi connectivity index (χ1) is 18.8. The van der Waals surface area contributed by atoms with Crippen molar-refractivity contribution in [1.29, 1.82) is 0 Å². The summed E-state index contributed by atoms with van der Waals surface area (Å²) < 4.78 is 60.7. The minimum atomic E-state index is -4.64. The van der Waals surface area contributed by atoms with Gasteiger partial charge in [0, 0.05) is 0 Å². The Morgan fingerprint density at radius 1 is 0.333 bits per heavy atom. The molecule has 0 aliphatic carbocycles.